The quantitative estimate of drug-likeness (QED) is 0.903. The Hall–Kier alpha value is -0.930. The SMILES string of the molecule is CCN(Cc1ccccn1)C1(CN)CC(C)CC(C)(C)C1. The van der Waals surface area contributed by atoms with Crippen molar-refractivity contribution in [1.82, 2.24) is 9.88 Å². The second kappa shape index (κ2) is 6.45. The van der Waals surface area contributed by atoms with Crippen molar-refractivity contribution in [3.63, 3.8) is 0 Å². The summed E-state index contributed by atoms with van der Waals surface area (Å²) in [6, 6.07) is 6.16. The maximum Gasteiger partial charge on any atom is 0.0544 e. The first-order chi connectivity index (χ1) is 9.91. The van der Waals surface area contributed by atoms with Gasteiger partial charge in [-0.05, 0) is 49.3 Å². The predicted octanol–water partition coefficient (Wildman–Crippen LogP) is 3.45. The first kappa shape index (κ1) is 16.4. The van der Waals surface area contributed by atoms with Crippen molar-refractivity contribution in [3.05, 3.63) is 30.1 Å². The molecule has 1 aromatic rings. The van der Waals surface area contributed by atoms with Crippen LogP contribution in [0.4, 0.5) is 0 Å². The number of hydrogen-bond acceptors (Lipinski definition) is 3. The topological polar surface area (TPSA) is 42.2 Å². The number of hydrogen-bond donors (Lipinski definition) is 1. The van der Waals surface area contributed by atoms with Gasteiger partial charge < -0.3 is 5.73 Å². The fourth-order valence-corrected chi connectivity index (χ4v) is 4.53. The molecule has 0 amide bonds. The molecule has 1 aromatic heterocycles. The summed E-state index contributed by atoms with van der Waals surface area (Å²) in [7, 11) is 0. The van der Waals surface area contributed by atoms with Gasteiger partial charge in [-0.1, -0.05) is 33.8 Å². The summed E-state index contributed by atoms with van der Waals surface area (Å²) >= 11 is 0. The van der Waals surface area contributed by atoms with Crippen LogP contribution in [0.2, 0.25) is 0 Å². The number of nitrogens with zero attached hydrogens (tertiary/aromatic N) is 2. The van der Waals surface area contributed by atoms with E-state index >= 15 is 0 Å². The van der Waals surface area contributed by atoms with E-state index in [1.165, 1.54) is 19.3 Å². The molecule has 0 spiro atoms. The van der Waals surface area contributed by atoms with Crippen LogP contribution in [0.3, 0.4) is 0 Å². The molecule has 0 saturated heterocycles. The molecular formula is C18H31N3. The maximum absolute atomic E-state index is 6.29. The molecule has 0 bridgehead atoms. The number of likely N-dealkylation sites (N-methyl/N-ethyl adjacent to an activating group) is 1. The largest absolute Gasteiger partial charge is 0.329 e. The van der Waals surface area contributed by atoms with Gasteiger partial charge in [-0.25, -0.2) is 0 Å². The minimum absolute atomic E-state index is 0.118. The van der Waals surface area contributed by atoms with Crippen molar-refractivity contribution in [1.29, 1.82) is 0 Å². The summed E-state index contributed by atoms with van der Waals surface area (Å²) in [5, 5.41) is 0. The molecule has 2 rings (SSSR count). The Labute approximate surface area is 129 Å². The zero-order valence-corrected chi connectivity index (χ0v) is 14.1. The molecule has 2 unspecified atom stereocenters. The molecule has 3 nitrogen and oxygen atoms in total. The third kappa shape index (κ3) is 3.83. The predicted molar refractivity (Wildman–Crippen MR) is 88.9 cm³/mol. The molecule has 118 valence electrons. The van der Waals surface area contributed by atoms with E-state index in [9.17, 15) is 0 Å². The molecule has 2 N–H and O–H groups in total. The molecule has 1 fully saturated rings. The molecule has 1 aliphatic carbocycles. The van der Waals surface area contributed by atoms with Gasteiger partial charge in [-0.3, -0.25) is 9.88 Å². The highest BCUT2D eigenvalue weighted by molar-refractivity contribution is 5.07. The summed E-state index contributed by atoms with van der Waals surface area (Å²) in [4.78, 5) is 7.06. The van der Waals surface area contributed by atoms with Gasteiger partial charge in [0.15, 0.2) is 0 Å². The van der Waals surface area contributed by atoms with Gasteiger partial charge in [0.25, 0.3) is 0 Å². The van der Waals surface area contributed by atoms with Crippen molar-refractivity contribution in [2.24, 2.45) is 17.1 Å². The van der Waals surface area contributed by atoms with Crippen LogP contribution in [0.5, 0.6) is 0 Å². The van der Waals surface area contributed by atoms with E-state index in [1.54, 1.807) is 0 Å². The Morgan fingerprint density at radius 3 is 2.62 bits per heavy atom. The van der Waals surface area contributed by atoms with Gasteiger partial charge in [0.2, 0.25) is 0 Å². The molecule has 3 heteroatoms. The van der Waals surface area contributed by atoms with Crippen LogP contribution in [0.25, 0.3) is 0 Å². The van der Waals surface area contributed by atoms with Gasteiger partial charge in [-0.2, -0.15) is 0 Å². The summed E-state index contributed by atoms with van der Waals surface area (Å²) in [5.74, 6) is 0.732. The smallest absolute Gasteiger partial charge is 0.0544 e. The first-order valence-corrected chi connectivity index (χ1v) is 8.26. The van der Waals surface area contributed by atoms with E-state index in [0.29, 0.717) is 5.41 Å². The van der Waals surface area contributed by atoms with Crippen molar-refractivity contribution in [2.75, 3.05) is 13.1 Å². The third-order valence-corrected chi connectivity index (χ3v) is 4.95. The molecule has 1 heterocycles. The van der Waals surface area contributed by atoms with Gasteiger partial charge >= 0.3 is 0 Å². The number of aromatic nitrogens is 1. The van der Waals surface area contributed by atoms with Crippen molar-refractivity contribution in [3.8, 4) is 0 Å². The summed E-state index contributed by atoms with van der Waals surface area (Å²) in [5.41, 5.74) is 7.92. The molecule has 1 saturated carbocycles. The summed E-state index contributed by atoms with van der Waals surface area (Å²) in [6.07, 6.45) is 5.57. The normalized spacial score (nSPS) is 28.8. The lowest BCUT2D eigenvalue weighted by atomic mass is 9.63. The van der Waals surface area contributed by atoms with Gasteiger partial charge in [-0.15, -0.1) is 0 Å². The Morgan fingerprint density at radius 1 is 1.33 bits per heavy atom. The molecular weight excluding hydrogens is 258 g/mol. The standard InChI is InChI=1S/C18H31N3/c1-5-21(12-16-8-6-7-9-20-16)18(14-19)11-15(2)10-17(3,4)13-18/h6-9,15H,5,10-14,19H2,1-4H3. The zero-order chi connectivity index (χ0) is 15.5. The third-order valence-electron chi connectivity index (χ3n) is 4.95. The lowest BCUT2D eigenvalue weighted by Gasteiger charge is -2.52. The fraction of sp³-hybridized carbons (Fsp3) is 0.722. The van der Waals surface area contributed by atoms with E-state index < -0.39 is 0 Å². The highest BCUT2D eigenvalue weighted by atomic mass is 15.2. The van der Waals surface area contributed by atoms with Crippen LogP contribution in [0.15, 0.2) is 24.4 Å². The van der Waals surface area contributed by atoms with E-state index in [2.05, 4.69) is 49.7 Å². The molecule has 1 aliphatic rings. The monoisotopic (exact) mass is 289 g/mol. The Bertz CT molecular complexity index is 443. The maximum atomic E-state index is 6.29. The average Bonchev–Trinajstić information content (AvgIpc) is 2.43. The molecule has 0 aromatic carbocycles. The van der Waals surface area contributed by atoms with E-state index in [1.807, 2.05) is 12.3 Å². The Kier molecular flexibility index (Phi) is 5.05. The van der Waals surface area contributed by atoms with Crippen molar-refractivity contribution < 1.29 is 0 Å². The molecule has 2 atom stereocenters. The van der Waals surface area contributed by atoms with Crippen LogP contribution in [0.1, 0.15) is 52.7 Å². The highest BCUT2D eigenvalue weighted by Crippen LogP contribution is 2.46. The molecule has 0 radical (unpaired) electrons. The van der Waals surface area contributed by atoms with E-state index in [4.69, 9.17) is 5.73 Å². The minimum atomic E-state index is 0.118. The van der Waals surface area contributed by atoms with Crippen molar-refractivity contribution in [2.45, 2.75) is 59.0 Å². The van der Waals surface area contributed by atoms with Crippen LogP contribution < -0.4 is 5.73 Å². The molecule has 0 aliphatic heterocycles. The van der Waals surface area contributed by atoms with Crippen LogP contribution >= 0.6 is 0 Å². The van der Waals surface area contributed by atoms with Crippen LogP contribution in [0, 0.1) is 11.3 Å². The van der Waals surface area contributed by atoms with E-state index in [0.717, 1.165) is 31.2 Å². The van der Waals surface area contributed by atoms with E-state index in [-0.39, 0.29) is 5.54 Å². The van der Waals surface area contributed by atoms with Crippen LogP contribution in [-0.4, -0.2) is 28.5 Å². The lowest BCUT2D eigenvalue weighted by Crippen LogP contribution is -2.58. The highest BCUT2D eigenvalue weighted by Gasteiger charge is 2.45. The molecule has 21 heavy (non-hydrogen) atoms. The second-order valence-electron chi connectivity index (χ2n) is 7.62. The van der Waals surface area contributed by atoms with Crippen LogP contribution in [-0.2, 0) is 6.54 Å². The first-order valence-electron chi connectivity index (χ1n) is 8.26. The van der Waals surface area contributed by atoms with Gasteiger partial charge in [0.05, 0.1) is 5.69 Å². The van der Waals surface area contributed by atoms with Gasteiger partial charge in [0, 0.05) is 24.8 Å². The minimum Gasteiger partial charge on any atom is -0.329 e. The van der Waals surface area contributed by atoms with Gasteiger partial charge in [0.1, 0.15) is 0 Å². The average molecular weight is 289 g/mol. The lowest BCUT2D eigenvalue weighted by molar-refractivity contribution is -0.0145. The van der Waals surface area contributed by atoms with Crippen molar-refractivity contribution >= 4 is 0 Å². The summed E-state index contributed by atoms with van der Waals surface area (Å²) < 4.78 is 0. The Balaban J connectivity index is 2.24. The zero-order valence-electron chi connectivity index (χ0n) is 14.1. The second-order valence-corrected chi connectivity index (χ2v) is 7.62. The Morgan fingerprint density at radius 2 is 2.10 bits per heavy atom. The number of rotatable bonds is 5. The number of nitrogens with two attached hydrogens (primary N) is 1. The number of pyridine rings is 1. The fourth-order valence-electron chi connectivity index (χ4n) is 4.53. The summed E-state index contributed by atoms with van der Waals surface area (Å²) in [6.45, 7) is 12.1.